The van der Waals surface area contributed by atoms with Crippen molar-refractivity contribution >= 4 is 23.3 Å². The van der Waals surface area contributed by atoms with Crippen molar-refractivity contribution < 1.29 is 22.8 Å². The van der Waals surface area contributed by atoms with Crippen LogP contribution in [0.5, 0.6) is 0 Å². The molecule has 0 saturated carbocycles. The van der Waals surface area contributed by atoms with E-state index in [-0.39, 0.29) is 11.6 Å². The van der Waals surface area contributed by atoms with Gasteiger partial charge in [0.2, 0.25) is 0 Å². The average molecular weight is 482 g/mol. The van der Waals surface area contributed by atoms with Crippen LogP contribution >= 0.6 is 0 Å². The Balaban J connectivity index is 1.58. The highest BCUT2D eigenvalue weighted by molar-refractivity contribution is 6.07. The molecule has 8 heteroatoms. The van der Waals surface area contributed by atoms with E-state index in [1.165, 1.54) is 12.1 Å². The highest BCUT2D eigenvalue weighted by atomic mass is 19.4. The fourth-order valence-corrected chi connectivity index (χ4v) is 4.20. The van der Waals surface area contributed by atoms with Crippen LogP contribution in [-0.2, 0) is 12.7 Å². The van der Waals surface area contributed by atoms with Gasteiger partial charge in [-0.05, 0) is 61.7 Å². The number of halogens is 3. The van der Waals surface area contributed by atoms with E-state index in [1.54, 1.807) is 21.9 Å². The van der Waals surface area contributed by atoms with Gasteiger partial charge in [-0.2, -0.15) is 13.2 Å². The minimum atomic E-state index is -4.55. The number of hydrogen-bond donors (Lipinski definition) is 1. The summed E-state index contributed by atoms with van der Waals surface area (Å²) in [5, 5.41) is 2.72. The lowest BCUT2D eigenvalue weighted by Crippen LogP contribution is -2.49. The molecule has 0 aliphatic carbocycles. The zero-order valence-electron chi connectivity index (χ0n) is 19.5. The van der Waals surface area contributed by atoms with Crippen molar-refractivity contribution in [2.45, 2.75) is 33.0 Å². The van der Waals surface area contributed by atoms with E-state index in [2.05, 4.69) is 5.32 Å². The van der Waals surface area contributed by atoms with E-state index in [0.717, 1.165) is 35.2 Å². The van der Waals surface area contributed by atoms with Crippen molar-refractivity contribution in [1.29, 1.82) is 0 Å². The minimum Gasteiger partial charge on any atom is -0.320 e. The second kappa shape index (κ2) is 9.82. The lowest BCUT2D eigenvalue weighted by molar-refractivity contribution is -0.137. The van der Waals surface area contributed by atoms with Gasteiger partial charge in [0.25, 0.3) is 5.91 Å². The summed E-state index contributed by atoms with van der Waals surface area (Å²) in [4.78, 5) is 29.6. The Hall–Kier alpha value is -3.81. The molecule has 1 fully saturated rings. The van der Waals surface area contributed by atoms with Crippen molar-refractivity contribution in [3.63, 3.8) is 0 Å². The number of nitrogens with one attached hydrogen (secondary N) is 1. The molecule has 4 rings (SSSR count). The highest BCUT2D eigenvalue weighted by Gasteiger charge is 2.31. The van der Waals surface area contributed by atoms with E-state index in [1.807, 2.05) is 44.2 Å². The summed E-state index contributed by atoms with van der Waals surface area (Å²) in [6.07, 6.45) is -3.81. The number of rotatable bonds is 5. The molecule has 0 aromatic heterocycles. The van der Waals surface area contributed by atoms with Gasteiger partial charge in [-0.3, -0.25) is 9.69 Å². The van der Waals surface area contributed by atoms with E-state index in [0.29, 0.717) is 31.0 Å². The summed E-state index contributed by atoms with van der Waals surface area (Å²) in [5.41, 5.74) is 2.86. The molecule has 35 heavy (non-hydrogen) atoms. The summed E-state index contributed by atoms with van der Waals surface area (Å²) in [6, 6.07) is 17.4. The quantitative estimate of drug-likeness (QED) is 0.458. The smallest absolute Gasteiger partial charge is 0.320 e. The van der Waals surface area contributed by atoms with Crippen LogP contribution in [0.3, 0.4) is 0 Å². The van der Waals surface area contributed by atoms with Gasteiger partial charge in [-0.25, -0.2) is 4.79 Å². The first-order valence-electron chi connectivity index (χ1n) is 11.3. The first-order valence-corrected chi connectivity index (χ1v) is 11.3. The third-order valence-electron chi connectivity index (χ3n) is 5.91. The van der Waals surface area contributed by atoms with Crippen LogP contribution in [0.2, 0.25) is 0 Å². The molecule has 3 aromatic rings. The number of hydrogen-bond acceptors (Lipinski definition) is 2. The molecule has 0 bridgehead atoms. The molecule has 1 aliphatic rings. The predicted molar refractivity (Wildman–Crippen MR) is 130 cm³/mol. The number of carbonyl (C=O) groups is 2. The third kappa shape index (κ3) is 5.65. The normalized spacial score (nSPS) is 14.3. The monoisotopic (exact) mass is 481 g/mol. The SMILES string of the molecule is Cc1cccc(CN2CCCN(c3ccc(C)cc3NC(=O)c3cccc(C(F)(F)F)c3)C2=O)c1. The summed E-state index contributed by atoms with van der Waals surface area (Å²) in [7, 11) is 0. The maximum Gasteiger partial charge on any atom is 0.416 e. The maximum atomic E-state index is 13.4. The molecule has 1 heterocycles. The standard InChI is InChI=1S/C27H26F3N3O2/c1-18-6-3-7-20(14-18)17-32-12-5-13-33(26(32)35)24-11-10-19(2)15-23(24)31-25(34)21-8-4-9-22(16-21)27(28,29)30/h3-4,6-11,14-16H,5,12-13,17H2,1-2H3,(H,31,34). The number of amides is 3. The molecular formula is C27H26F3N3O2. The Bertz CT molecular complexity index is 1260. The van der Waals surface area contributed by atoms with Gasteiger partial charge < -0.3 is 10.2 Å². The van der Waals surface area contributed by atoms with Crippen molar-refractivity contribution in [3.05, 3.63) is 94.5 Å². The van der Waals surface area contributed by atoms with Crippen molar-refractivity contribution in [1.82, 2.24) is 4.90 Å². The molecule has 1 N–H and O–H groups in total. The first kappa shape index (κ1) is 24.3. The van der Waals surface area contributed by atoms with Crippen LogP contribution in [-0.4, -0.2) is 29.9 Å². The second-order valence-corrected chi connectivity index (χ2v) is 8.75. The highest BCUT2D eigenvalue weighted by Crippen LogP contribution is 2.32. The molecule has 1 saturated heterocycles. The summed E-state index contributed by atoms with van der Waals surface area (Å²) in [5.74, 6) is -0.677. The number of carbonyl (C=O) groups excluding carboxylic acids is 2. The molecule has 182 valence electrons. The Morgan fingerprint density at radius 3 is 2.43 bits per heavy atom. The first-order chi connectivity index (χ1) is 16.6. The zero-order valence-corrected chi connectivity index (χ0v) is 19.5. The molecule has 5 nitrogen and oxygen atoms in total. The van der Waals surface area contributed by atoms with E-state index in [9.17, 15) is 22.8 Å². The van der Waals surface area contributed by atoms with Gasteiger partial charge in [0.1, 0.15) is 0 Å². The Labute approximate surface area is 202 Å². The van der Waals surface area contributed by atoms with Crippen molar-refractivity contribution in [3.8, 4) is 0 Å². The number of nitrogens with zero attached hydrogens (tertiary/aromatic N) is 2. The number of aryl methyl sites for hydroxylation is 2. The molecule has 0 radical (unpaired) electrons. The Morgan fingerprint density at radius 2 is 1.69 bits per heavy atom. The molecule has 0 unspecified atom stereocenters. The lowest BCUT2D eigenvalue weighted by atomic mass is 10.1. The van der Waals surface area contributed by atoms with E-state index < -0.39 is 17.6 Å². The van der Waals surface area contributed by atoms with Crippen LogP contribution in [0.4, 0.5) is 29.3 Å². The number of benzene rings is 3. The fourth-order valence-electron chi connectivity index (χ4n) is 4.20. The van der Waals surface area contributed by atoms with Gasteiger partial charge in [-0.1, -0.05) is 42.0 Å². The molecule has 0 spiro atoms. The second-order valence-electron chi connectivity index (χ2n) is 8.75. The van der Waals surface area contributed by atoms with Crippen molar-refractivity contribution in [2.24, 2.45) is 0 Å². The van der Waals surface area contributed by atoms with Crippen LogP contribution in [0.15, 0.2) is 66.7 Å². The van der Waals surface area contributed by atoms with Gasteiger partial charge in [0, 0.05) is 25.2 Å². The number of urea groups is 1. The van der Waals surface area contributed by atoms with E-state index >= 15 is 0 Å². The van der Waals surface area contributed by atoms with Gasteiger partial charge in [-0.15, -0.1) is 0 Å². The van der Waals surface area contributed by atoms with Gasteiger partial charge in [0.05, 0.1) is 16.9 Å². The Morgan fingerprint density at radius 1 is 0.943 bits per heavy atom. The minimum absolute atomic E-state index is 0.113. The lowest BCUT2D eigenvalue weighted by Gasteiger charge is -2.36. The number of alkyl halides is 3. The zero-order chi connectivity index (χ0) is 25.2. The topological polar surface area (TPSA) is 52.6 Å². The van der Waals surface area contributed by atoms with Crippen LogP contribution in [0.1, 0.15) is 39.0 Å². The van der Waals surface area contributed by atoms with E-state index in [4.69, 9.17) is 0 Å². The predicted octanol–water partition coefficient (Wildman–Crippen LogP) is 6.41. The molecule has 1 aliphatic heterocycles. The molecule has 0 atom stereocenters. The molecule has 3 amide bonds. The van der Waals surface area contributed by atoms with Crippen LogP contribution in [0.25, 0.3) is 0 Å². The Kier molecular flexibility index (Phi) is 6.82. The fraction of sp³-hybridized carbons (Fsp3) is 0.259. The average Bonchev–Trinajstić information content (AvgIpc) is 2.80. The van der Waals surface area contributed by atoms with Crippen LogP contribution < -0.4 is 10.2 Å². The van der Waals surface area contributed by atoms with Crippen molar-refractivity contribution in [2.75, 3.05) is 23.3 Å². The third-order valence-corrected chi connectivity index (χ3v) is 5.91. The summed E-state index contributed by atoms with van der Waals surface area (Å²) in [6.45, 7) is 5.39. The number of anilines is 2. The van der Waals surface area contributed by atoms with Crippen LogP contribution in [0, 0.1) is 13.8 Å². The largest absolute Gasteiger partial charge is 0.416 e. The van der Waals surface area contributed by atoms with Gasteiger partial charge in [0.15, 0.2) is 0 Å². The van der Waals surface area contributed by atoms with Gasteiger partial charge >= 0.3 is 12.2 Å². The summed E-state index contributed by atoms with van der Waals surface area (Å²) < 4.78 is 39.3. The summed E-state index contributed by atoms with van der Waals surface area (Å²) >= 11 is 0. The molecule has 3 aromatic carbocycles. The molecular weight excluding hydrogens is 455 g/mol. The maximum absolute atomic E-state index is 13.4.